The Labute approximate surface area is 168 Å². The topological polar surface area (TPSA) is 71.3 Å². The molecule has 3 aromatic rings. The Morgan fingerprint density at radius 2 is 1.90 bits per heavy atom. The van der Waals surface area contributed by atoms with Crippen molar-refractivity contribution in [2.75, 3.05) is 0 Å². The molecule has 1 aliphatic rings. The van der Waals surface area contributed by atoms with Gasteiger partial charge >= 0.3 is 5.97 Å². The van der Waals surface area contributed by atoms with Crippen LogP contribution in [0.4, 0.5) is 4.39 Å². The van der Waals surface area contributed by atoms with Crippen LogP contribution in [0.3, 0.4) is 0 Å². The summed E-state index contributed by atoms with van der Waals surface area (Å²) in [5.41, 5.74) is 3.24. The van der Waals surface area contributed by atoms with Crippen LogP contribution in [0.1, 0.15) is 30.2 Å². The van der Waals surface area contributed by atoms with Crippen LogP contribution >= 0.6 is 0 Å². The van der Waals surface area contributed by atoms with Crippen molar-refractivity contribution < 1.29 is 19.1 Å². The van der Waals surface area contributed by atoms with Crippen molar-refractivity contribution >= 4 is 22.8 Å². The second-order valence-electron chi connectivity index (χ2n) is 7.97. The lowest BCUT2D eigenvalue weighted by molar-refractivity contribution is -0.137. The first-order valence-electron chi connectivity index (χ1n) is 9.71. The van der Waals surface area contributed by atoms with E-state index in [2.05, 4.69) is 5.32 Å². The van der Waals surface area contributed by atoms with Crippen molar-refractivity contribution in [3.8, 4) is 0 Å². The van der Waals surface area contributed by atoms with Crippen LogP contribution in [0.2, 0.25) is 0 Å². The van der Waals surface area contributed by atoms with E-state index in [0.29, 0.717) is 25.8 Å². The number of amides is 1. The second-order valence-corrected chi connectivity index (χ2v) is 7.97. The minimum atomic E-state index is -0.876. The summed E-state index contributed by atoms with van der Waals surface area (Å²) in [5.74, 6) is -1.22. The smallest absolute Gasteiger partial charge is 0.323 e. The fourth-order valence-corrected chi connectivity index (χ4v) is 4.29. The van der Waals surface area contributed by atoms with E-state index < -0.39 is 11.4 Å². The van der Waals surface area contributed by atoms with Crippen LogP contribution in [-0.4, -0.2) is 21.6 Å². The molecule has 6 heteroatoms. The molecule has 0 saturated heterocycles. The molecule has 1 aliphatic carbocycles. The Morgan fingerprint density at radius 3 is 2.62 bits per heavy atom. The second kappa shape index (κ2) is 7.35. The predicted octanol–water partition coefficient (Wildman–Crippen LogP) is 3.68. The van der Waals surface area contributed by atoms with Gasteiger partial charge in [-0.3, -0.25) is 9.59 Å². The molecule has 5 nitrogen and oxygen atoms in total. The number of fused-ring (bicyclic) bond motifs is 3. The van der Waals surface area contributed by atoms with Crippen molar-refractivity contribution in [2.24, 2.45) is 5.41 Å². The van der Waals surface area contributed by atoms with E-state index in [1.807, 2.05) is 35.8 Å². The Balaban J connectivity index is 1.59. The SMILES string of the molecule is CC1(C(=O)NCc2ccc(F)cc2)CCc2c(c3ccccc3n2CC(=O)O)C1. The molecule has 0 radical (unpaired) electrons. The first kappa shape index (κ1) is 19.2. The van der Waals surface area contributed by atoms with Gasteiger partial charge in [0.1, 0.15) is 12.4 Å². The van der Waals surface area contributed by atoms with Crippen molar-refractivity contribution in [1.29, 1.82) is 0 Å². The van der Waals surface area contributed by atoms with Crippen molar-refractivity contribution in [1.82, 2.24) is 9.88 Å². The van der Waals surface area contributed by atoms with Gasteiger partial charge in [-0.15, -0.1) is 0 Å². The van der Waals surface area contributed by atoms with Crippen LogP contribution in [0, 0.1) is 11.2 Å². The minimum Gasteiger partial charge on any atom is -0.480 e. The van der Waals surface area contributed by atoms with Gasteiger partial charge in [0.2, 0.25) is 5.91 Å². The first-order chi connectivity index (χ1) is 13.9. The number of aromatic nitrogens is 1. The zero-order valence-electron chi connectivity index (χ0n) is 16.2. The van der Waals surface area contributed by atoms with Crippen molar-refractivity contribution in [3.05, 3.63) is 71.2 Å². The van der Waals surface area contributed by atoms with Crippen molar-refractivity contribution in [3.63, 3.8) is 0 Å². The van der Waals surface area contributed by atoms with Gasteiger partial charge in [-0.2, -0.15) is 0 Å². The zero-order chi connectivity index (χ0) is 20.6. The molecular weight excluding hydrogens is 371 g/mol. The van der Waals surface area contributed by atoms with E-state index in [1.165, 1.54) is 12.1 Å². The molecule has 0 saturated carbocycles. The predicted molar refractivity (Wildman–Crippen MR) is 108 cm³/mol. The molecule has 1 amide bonds. The third-order valence-electron chi connectivity index (χ3n) is 5.88. The Morgan fingerprint density at radius 1 is 1.17 bits per heavy atom. The summed E-state index contributed by atoms with van der Waals surface area (Å²) in [4.78, 5) is 24.4. The summed E-state index contributed by atoms with van der Waals surface area (Å²) in [6, 6.07) is 13.9. The summed E-state index contributed by atoms with van der Waals surface area (Å²) in [5, 5.41) is 13.3. The number of rotatable bonds is 5. The van der Waals surface area contributed by atoms with E-state index in [0.717, 1.165) is 27.7 Å². The first-order valence-corrected chi connectivity index (χ1v) is 9.71. The molecular formula is C23H23FN2O3. The minimum absolute atomic E-state index is 0.0393. The maximum Gasteiger partial charge on any atom is 0.323 e. The molecule has 2 aromatic carbocycles. The summed E-state index contributed by atoms with van der Waals surface area (Å²) < 4.78 is 14.9. The Kier molecular flexibility index (Phi) is 4.86. The lowest BCUT2D eigenvalue weighted by Gasteiger charge is -2.33. The van der Waals surface area contributed by atoms with Gasteiger partial charge < -0.3 is 15.0 Å². The van der Waals surface area contributed by atoms with E-state index in [9.17, 15) is 19.1 Å². The van der Waals surface area contributed by atoms with Gasteiger partial charge in [-0.1, -0.05) is 37.3 Å². The molecule has 150 valence electrons. The number of nitrogens with one attached hydrogen (secondary N) is 1. The van der Waals surface area contributed by atoms with E-state index in [-0.39, 0.29) is 18.3 Å². The standard InChI is InChI=1S/C23H23FN2O3/c1-23(22(29)25-13-15-6-8-16(24)9-7-15)11-10-20-18(12-23)17-4-2-3-5-19(17)26(20)14-21(27)28/h2-9H,10-14H2,1H3,(H,25,29)(H,27,28). The number of carboxylic acids is 1. The average molecular weight is 394 g/mol. The lowest BCUT2D eigenvalue weighted by atomic mass is 9.73. The molecule has 29 heavy (non-hydrogen) atoms. The maximum absolute atomic E-state index is 13.1. The van der Waals surface area contributed by atoms with Crippen LogP contribution in [-0.2, 0) is 35.5 Å². The van der Waals surface area contributed by atoms with Crippen molar-refractivity contribution in [2.45, 2.75) is 39.3 Å². The number of carbonyl (C=O) groups excluding carboxylic acids is 1. The van der Waals surface area contributed by atoms with Crippen LogP contribution in [0.5, 0.6) is 0 Å². The summed E-state index contributed by atoms with van der Waals surface area (Å²) in [6.45, 7) is 2.23. The summed E-state index contributed by atoms with van der Waals surface area (Å²) >= 11 is 0. The molecule has 0 bridgehead atoms. The number of aliphatic carboxylic acids is 1. The highest BCUT2D eigenvalue weighted by Gasteiger charge is 2.39. The van der Waals surface area contributed by atoms with Gasteiger partial charge in [0.05, 0.1) is 5.41 Å². The average Bonchev–Trinajstić information content (AvgIpc) is 3.00. The van der Waals surface area contributed by atoms with Crippen LogP contribution in [0.15, 0.2) is 48.5 Å². The fraction of sp³-hybridized carbons (Fsp3) is 0.304. The largest absolute Gasteiger partial charge is 0.480 e. The molecule has 1 heterocycles. The van der Waals surface area contributed by atoms with Crippen LogP contribution < -0.4 is 5.32 Å². The number of para-hydroxylation sites is 1. The number of benzene rings is 2. The van der Waals surface area contributed by atoms with Gasteiger partial charge in [-0.25, -0.2) is 4.39 Å². The normalized spacial score (nSPS) is 18.4. The highest BCUT2D eigenvalue weighted by molar-refractivity contribution is 5.89. The zero-order valence-corrected chi connectivity index (χ0v) is 16.2. The number of halogens is 1. The monoisotopic (exact) mass is 394 g/mol. The van der Waals surface area contributed by atoms with E-state index in [1.54, 1.807) is 12.1 Å². The van der Waals surface area contributed by atoms with E-state index >= 15 is 0 Å². The molecule has 1 unspecified atom stereocenters. The van der Waals surface area contributed by atoms with E-state index in [4.69, 9.17) is 0 Å². The van der Waals surface area contributed by atoms with Crippen LogP contribution in [0.25, 0.3) is 10.9 Å². The van der Waals surface area contributed by atoms with Gasteiger partial charge in [0.15, 0.2) is 0 Å². The molecule has 0 fully saturated rings. The maximum atomic E-state index is 13.1. The van der Waals surface area contributed by atoms with Gasteiger partial charge in [-0.05, 0) is 48.6 Å². The van der Waals surface area contributed by atoms with Gasteiger partial charge in [0, 0.05) is 23.1 Å². The van der Waals surface area contributed by atoms with Gasteiger partial charge in [0.25, 0.3) is 0 Å². The highest BCUT2D eigenvalue weighted by Crippen LogP contribution is 2.40. The molecule has 2 N–H and O–H groups in total. The number of carbonyl (C=O) groups is 2. The summed E-state index contributed by atoms with van der Waals surface area (Å²) in [7, 11) is 0. The third-order valence-corrected chi connectivity index (χ3v) is 5.88. The molecule has 1 atom stereocenters. The number of hydrogen-bond acceptors (Lipinski definition) is 2. The number of hydrogen-bond donors (Lipinski definition) is 2. The molecule has 0 aliphatic heterocycles. The highest BCUT2D eigenvalue weighted by atomic mass is 19.1. The molecule has 4 rings (SSSR count). The fourth-order valence-electron chi connectivity index (χ4n) is 4.29. The third kappa shape index (κ3) is 3.62. The molecule has 0 spiro atoms. The quantitative estimate of drug-likeness (QED) is 0.694. The molecule has 1 aromatic heterocycles. The Hall–Kier alpha value is -3.15. The Bertz CT molecular complexity index is 1090. The number of carboxylic acid groups (broad SMARTS) is 1. The lowest BCUT2D eigenvalue weighted by Crippen LogP contribution is -2.42. The number of nitrogens with zero attached hydrogens (tertiary/aromatic N) is 1. The summed E-state index contributed by atoms with van der Waals surface area (Å²) in [6.07, 6.45) is 1.85.